The van der Waals surface area contributed by atoms with Crippen molar-refractivity contribution in [2.45, 2.75) is 6.61 Å². The van der Waals surface area contributed by atoms with E-state index in [-0.39, 0.29) is 12.4 Å². The van der Waals surface area contributed by atoms with E-state index in [0.717, 1.165) is 5.56 Å². The lowest BCUT2D eigenvalue weighted by atomic mass is 10.2. The number of benzene rings is 2. The van der Waals surface area contributed by atoms with E-state index >= 15 is 0 Å². The van der Waals surface area contributed by atoms with Crippen molar-refractivity contribution in [3.63, 3.8) is 0 Å². The molecular weight excluding hydrogens is 297 g/mol. The fraction of sp³-hybridized carbons (Fsp3) is 0.133. The molecular formula is C15H13ClFNO3. The summed E-state index contributed by atoms with van der Waals surface area (Å²) in [6, 6.07) is 9.19. The molecule has 6 heteroatoms. The molecule has 2 aromatic rings. The van der Waals surface area contributed by atoms with Crippen LogP contribution < -0.4 is 9.47 Å². The average molecular weight is 310 g/mol. The number of oxime groups is 1. The molecule has 0 saturated heterocycles. The summed E-state index contributed by atoms with van der Waals surface area (Å²) >= 11 is 6.13. The molecule has 2 rings (SSSR count). The first-order valence-electron chi connectivity index (χ1n) is 6.06. The Morgan fingerprint density at radius 3 is 2.62 bits per heavy atom. The minimum atomic E-state index is -0.304. The molecule has 0 fully saturated rings. The molecule has 0 aliphatic carbocycles. The number of hydrogen-bond donors (Lipinski definition) is 1. The van der Waals surface area contributed by atoms with Crippen LogP contribution in [0.2, 0.25) is 5.02 Å². The largest absolute Gasteiger partial charge is 0.493 e. The van der Waals surface area contributed by atoms with Gasteiger partial charge in [-0.1, -0.05) is 28.9 Å². The number of hydrogen-bond acceptors (Lipinski definition) is 4. The Labute approximate surface area is 126 Å². The van der Waals surface area contributed by atoms with Crippen molar-refractivity contribution in [1.29, 1.82) is 0 Å². The third kappa shape index (κ3) is 3.86. The predicted molar refractivity (Wildman–Crippen MR) is 78.1 cm³/mol. The van der Waals surface area contributed by atoms with Gasteiger partial charge in [0, 0.05) is 5.56 Å². The SMILES string of the molecule is COc1cc(C=NO)cc(Cl)c1OCc1ccc(F)cc1. The van der Waals surface area contributed by atoms with Gasteiger partial charge in [0.2, 0.25) is 0 Å². The minimum absolute atomic E-state index is 0.226. The second-order valence-electron chi connectivity index (χ2n) is 4.19. The lowest BCUT2D eigenvalue weighted by Gasteiger charge is -2.13. The highest BCUT2D eigenvalue weighted by Crippen LogP contribution is 2.36. The van der Waals surface area contributed by atoms with Crippen LogP contribution in [0.5, 0.6) is 11.5 Å². The molecule has 0 saturated carbocycles. The maximum Gasteiger partial charge on any atom is 0.180 e. The smallest absolute Gasteiger partial charge is 0.180 e. The van der Waals surface area contributed by atoms with E-state index in [1.54, 1.807) is 24.3 Å². The summed E-state index contributed by atoms with van der Waals surface area (Å²) in [4.78, 5) is 0. The summed E-state index contributed by atoms with van der Waals surface area (Å²) in [6.45, 7) is 0.226. The quantitative estimate of drug-likeness (QED) is 0.518. The number of methoxy groups -OCH3 is 1. The fourth-order valence-electron chi connectivity index (χ4n) is 1.76. The highest BCUT2D eigenvalue weighted by Gasteiger charge is 2.12. The number of ether oxygens (including phenoxy) is 2. The second-order valence-corrected chi connectivity index (χ2v) is 4.60. The summed E-state index contributed by atoms with van der Waals surface area (Å²) in [7, 11) is 1.48. The molecule has 0 aromatic heterocycles. The Bertz CT molecular complexity index is 644. The standard InChI is InChI=1S/C15H13ClFNO3/c1-20-14-7-11(8-18-19)6-13(16)15(14)21-9-10-2-4-12(17)5-3-10/h2-8,19H,9H2,1H3. The van der Waals surface area contributed by atoms with E-state index < -0.39 is 0 Å². The Morgan fingerprint density at radius 1 is 1.29 bits per heavy atom. The van der Waals surface area contributed by atoms with E-state index in [9.17, 15) is 4.39 Å². The molecule has 2 aromatic carbocycles. The summed E-state index contributed by atoms with van der Waals surface area (Å²) < 4.78 is 23.7. The molecule has 110 valence electrons. The number of rotatable bonds is 5. The third-order valence-electron chi connectivity index (χ3n) is 2.76. The highest BCUT2D eigenvalue weighted by molar-refractivity contribution is 6.32. The van der Waals surface area contributed by atoms with E-state index in [1.807, 2.05) is 0 Å². The Kier molecular flexibility index (Phi) is 5.00. The lowest BCUT2D eigenvalue weighted by molar-refractivity contribution is 0.284. The van der Waals surface area contributed by atoms with Crippen LogP contribution in [-0.4, -0.2) is 18.5 Å². The summed E-state index contributed by atoms with van der Waals surface area (Å²) in [5.74, 6) is 0.486. The van der Waals surface area contributed by atoms with Crippen LogP contribution in [0, 0.1) is 5.82 Å². The van der Waals surface area contributed by atoms with Gasteiger partial charge >= 0.3 is 0 Å². The Hall–Kier alpha value is -2.27. The topological polar surface area (TPSA) is 51.0 Å². The van der Waals surface area contributed by atoms with Crippen LogP contribution in [0.25, 0.3) is 0 Å². The van der Waals surface area contributed by atoms with Crippen molar-refractivity contribution in [3.05, 3.63) is 58.4 Å². The normalized spacial score (nSPS) is 10.8. The van der Waals surface area contributed by atoms with Gasteiger partial charge in [0.25, 0.3) is 0 Å². The summed E-state index contributed by atoms with van der Waals surface area (Å²) in [6.07, 6.45) is 1.23. The fourth-order valence-corrected chi connectivity index (χ4v) is 2.03. The first kappa shape index (κ1) is 15.1. The lowest BCUT2D eigenvalue weighted by Crippen LogP contribution is -1.99. The number of nitrogens with zero attached hydrogens (tertiary/aromatic N) is 1. The zero-order valence-electron chi connectivity index (χ0n) is 11.2. The van der Waals surface area contributed by atoms with Crippen molar-refractivity contribution in [2.24, 2.45) is 5.16 Å². The van der Waals surface area contributed by atoms with Crippen LogP contribution in [0.3, 0.4) is 0 Å². The second kappa shape index (κ2) is 6.95. The molecule has 0 atom stereocenters. The van der Waals surface area contributed by atoms with Crippen LogP contribution in [0.4, 0.5) is 4.39 Å². The molecule has 0 unspecified atom stereocenters. The summed E-state index contributed by atoms with van der Waals surface area (Å²) in [5, 5.41) is 11.8. The summed E-state index contributed by atoms with van der Waals surface area (Å²) in [5.41, 5.74) is 1.38. The highest BCUT2D eigenvalue weighted by atomic mass is 35.5. The molecule has 0 aliphatic rings. The predicted octanol–water partition coefficient (Wildman–Crippen LogP) is 3.87. The Balaban J connectivity index is 2.20. The van der Waals surface area contributed by atoms with Gasteiger partial charge in [-0.25, -0.2) is 4.39 Å². The van der Waals surface area contributed by atoms with E-state index in [1.165, 1.54) is 25.5 Å². The van der Waals surface area contributed by atoms with Crippen LogP contribution in [0.15, 0.2) is 41.6 Å². The molecule has 0 radical (unpaired) electrons. The van der Waals surface area contributed by atoms with Gasteiger partial charge < -0.3 is 14.7 Å². The monoisotopic (exact) mass is 309 g/mol. The van der Waals surface area contributed by atoms with E-state index in [0.29, 0.717) is 22.1 Å². The Morgan fingerprint density at radius 2 is 2.00 bits per heavy atom. The first-order valence-corrected chi connectivity index (χ1v) is 6.44. The molecule has 0 aliphatic heterocycles. The minimum Gasteiger partial charge on any atom is -0.493 e. The van der Waals surface area contributed by atoms with Crippen LogP contribution >= 0.6 is 11.6 Å². The van der Waals surface area contributed by atoms with Gasteiger partial charge in [0.15, 0.2) is 11.5 Å². The van der Waals surface area contributed by atoms with Crippen LogP contribution in [-0.2, 0) is 6.61 Å². The molecule has 0 heterocycles. The van der Waals surface area contributed by atoms with Crippen molar-refractivity contribution in [3.8, 4) is 11.5 Å². The third-order valence-corrected chi connectivity index (χ3v) is 3.04. The van der Waals surface area contributed by atoms with Crippen molar-refractivity contribution < 1.29 is 19.1 Å². The van der Waals surface area contributed by atoms with Gasteiger partial charge in [0.1, 0.15) is 12.4 Å². The zero-order valence-corrected chi connectivity index (χ0v) is 12.0. The van der Waals surface area contributed by atoms with Crippen molar-refractivity contribution in [1.82, 2.24) is 0 Å². The maximum atomic E-state index is 12.8. The number of halogens is 2. The molecule has 21 heavy (non-hydrogen) atoms. The maximum absolute atomic E-state index is 12.8. The molecule has 1 N–H and O–H groups in total. The van der Waals surface area contributed by atoms with E-state index in [4.69, 9.17) is 26.3 Å². The average Bonchev–Trinajstić information content (AvgIpc) is 2.47. The zero-order chi connectivity index (χ0) is 15.2. The van der Waals surface area contributed by atoms with Crippen molar-refractivity contribution in [2.75, 3.05) is 7.11 Å². The van der Waals surface area contributed by atoms with Gasteiger partial charge in [-0.2, -0.15) is 0 Å². The van der Waals surface area contributed by atoms with Gasteiger partial charge in [-0.05, 0) is 29.8 Å². The van der Waals surface area contributed by atoms with Gasteiger partial charge in [-0.15, -0.1) is 0 Å². The first-order chi connectivity index (χ1) is 10.1. The van der Waals surface area contributed by atoms with Gasteiger partial charge in [-0.3, -0.25) is 0 Å². The molecule has 0 amide bonds. The van der Waals surface area contributed by atoms with E-state index in [2.05, 4.69) is 5.16 Å². The van der Waals surface area contributed by atoms with Crippen molar-refractivity contribution >= 4 is 17.8 Å². The van der Waals surface area contributed by atoms with Crippen LogP contribution in [0.1, 0.15) is 11.1 Å². The molecule has 4 nitrogen and oxygen atoms in total. The van der Waals surface area contributed by atoms with Gasteiger partial charge in [0.05, 0.1) is 18.3 Å². The molecule has 0 bridgehead atoms. The molecule has 0 spiro atoms.